The molecule has 0 aromatic carbocycles. The second-order valence-corrected chi connectivity index (χ2v) is 5.03. The van der Waals surface area contributed by atoms with Gasteiger partial charge in [0.1, 0.15) is 0 Å². The average Bonchev–Trinajstić information content (AvgIpc) is 2.40. The lowest BCUT2D eigenvalue weighted by Gasteiger charge is -2.44. The molecule has 1 aromatic rings. The molecule has 90 valence electrons. The minimum absolute atomic E-state index is 0.0987. The Labute approximate surface area is 96.5 Å². The molecule has 0 amide bonds. The number of nitrogens with two attached hydrogens (primary N) is 1. The van der Waals surface area contributed by atoms with Gasteiger partial charge in [-0.15, -0.1) is 0 Å². The van der Waals surface area contributed by atoms with Crippen molar-refractivity contribution in [2.75, 3.05) is 6.54 Å². The van der Waals surface area contributed by atoms with Crippen LogP contribution < -0.4 is 5.73 Å². The molecule has 0 radical (unpaired) electrons. The van der Waals surface area contributed by atoms with Crippen LogP contribution in [0.4, 0.5) is 0 Å². The van der Waals surface area contributed by atoms with Crippen LogP contribution in [-0.4, -0.2) is 21.4 Å². The van der Waals surface area contributed by atoms with E-state index in [0.29, 0.717) is 6.54 Å². The van der Waals surface area contributed by atoms with Crippen LogP contribution in [0.1, 0.15) is 42.3 Å². The van der Waals surface area contributed by atoms with Gasteiger partial charge in [-0.3, -0.25) is 4.68 Å². The van der Waals surface area contributed by atoms with E-state index in [-0.39, 0.29) is 5.41 Å². The largest absolute Gasteiger partial charge is 0.388 e. The quantitative estimate of drug-likeness (QED) is 0.809. The number of hydrogen-bond donors (Lipinski definition) is 2. The monoisotopic (exact) mass is 223 g/mol. The Bertz CT molecular complexity index is 388. The van der Waals surface area contributed by atoms with Crippen molar-refractivity contribution in [1.29, 1.82) is 0 Å². The third kappa shape index (κ3) is 1.48. The zero-order chi connectivity index (χ0) is 11.9. The first-order chi connectivity index (χ1) is 7.52. The third-order valence-corrected chi connectivity index (χ3v) is 4.17. The van der Waals surface area contributed by atoms with Crippen LogP contribution in [0.3, 0.4) is 0 Å². The van der Waals surface area contributed by atoms with Crippen molar-refractivity contribution in [3.8, 4) is 0 Å². The van der Waals surface area contributed by atoms with Crippen molar-refractivity contribution < 1.29 is 5.11 Å². The van der Waals surface area contributed by atoms with E-state index in [9.17, 15) is 5.11 Å². The summed E-state index contributed by atoms with van der Waals surface area (Å²) in [4.78, 5) is 0. The summed E-state index contributed by atoms with van der Waals surface area (Å²) in [6, 6.07) is 0. The smallest absolute Gasteiger partial charge is 0.0894 e. The summed E-state index contributed by atoms with van der Waals surface area (Å²) in [7, 11) is 1.91. The molecule has 0 saturated heterocycles. The second-order valence-electron chi connectivity index (χ2n) is 5.03. The number of rotatable bonds is 3. The highest BCUT2D eigenvalue weighted by molar-refractivity contribution is 5.29. The Morgan fingerprint density at radius 2 is 2.12 bits per heavy atom. The van der Waals surface area contributed by atoms with E-state index in [1.165, 1.54) is 6.42 Å². The number of hydrogen-bond acceptors (Lipinski definition) is 3. The molecule has 1 unspecified atom stereocenters. The second kappa shape index (κ2) is 3.86. The van der Waals surface area contributed by atoms with Gasteiger partial charge in [-0.2, -0.15) is 5.10 Å². The van der Waals surface area contributed by atoms with Crippen LogP contribution >= 0.6 is 0 Å². The van der Waals surface area contributed by atoms with E-state index >= 15 is 0 Å². The predicted molar refractivity (Wildman–Crippen MR) is 63.0 cm³/mol. The molecule has 0 bridgehead atoms. The van der Waals surface area contributed by atoms with Gasteiger partial charge in [0.15, 0.2) is 0 Å². The summed E-state index contributed by atoms with van der Waals surface area (Å²) in [6.45, 7) is 4.51. The highest BCUT2D eigenvalue weighted by atomic mass is 16.3. The van der Waals surface area contributed by atoms with Gasteiger partial charge in [-0.05, 0) is 26.7 Å². The number of aromatic nitrogens is 2. The van der Waals surface area contributed by atoms with E-state index < -0.39 is 6.10 Å². The Morgan fingerprint density at radius 1 is 1.50 bits per heavy atom. The van der Waals surface area contributed by atoms with Crippen molar-refractivity contribution in [3.05, 3.63) is 17.0 Å². The van der Waals surface area contributed by atoms with Gasteiger partial charge in [0.05, 0.1) is 11.8 Å². The Kier molecular flexibility index (Phi) is 2.80. The topological polar surface area (TPSA) is 64.1 Å². The van der Waals surface area contributed by atoms with E-state index in [1.54, 1.807) is 0 Å². The maximum absolute atomic E-state index is 10.5. The Morgan fingerprint density at radius 3 is 2.44 bits per heavy atom. The van der Waals surface area contributed by atoms with Gasteiger partial charge < -0.3 is 10.8 Å². The first-order valence-electron chi connectivity index (χ1n) is 5.90. The molecule has 0 spiro atoms. The van der Waals surface area contributed by atoms with Crippen molar-refractivity contribution in [3.63, 3.8) is 0 Å². The highest BCUT2D eigenvalue weighted by Gasteiger charge is 2.44. The van der Waals surface area contributed by atoms with E-state index in [0.717, 1.165) is 29.8 Å². The highest BCUT2D eigenvalue weighted by Crippen LogP contribution is 2.50. The third-order valence-electron chi connectivity index (χ3n) is 4.17. The van der Waals surface area contributed by atoms with Crippen molar-refractivity contribution >= 4 is 0 Å². The van der Waals surface area contributed by atoms with Gasteiger partial charge in [-0.1, -0.05) is 6.42 Å². The first-order valence-corrected chi connectivity index (χ1v) is 5.90. The minimum atomic E-state index is -0.458. The van der Waals surface area contributed by atoms with Gasteiger partial charge in [0, 0.05) is 30.3 Å². The zero-order valence-corrected chi connectivity index (χ0v) is 10.3. The Balaban J connectivity index is 2.36. The number of nitrogens with zero attached hydrogens (tertiary/aromatic N) is 2. The molecule has 1 heterocycles. The molecular weight excluding hydrogens is 202 g/mol. The fourth-order valence-electron chi connectivity index (χ4n) is 2.71. The molecule has 4 heteroatoms. The molecule has 1 aliphatic rings. The number of aliphatic hydroxyl groups is 1. The van der Waals surface area contributed by atoms with Gasteiger partial charge in [0.2, 0.25) is 0 Å². The molecule has 1 fully saturated rings. The minimum Gasteiger partial charge on any atom is -0.388 e. The Hall–Kier alpha value is -0.870. The van der Waals surface area contributed by atoms with Gasteiger partial charge in [0.25, 0.3) is 0 Å². The van der Waals surface area contributed by atoms with Crippen LogP contribution in [0.15, 0.2) is 0 Å². The first kappa shape index (κ1) is 11.6. The summed E-state index contributed by atoms with van der Waals surface area (Å²) in [5.74, 6) is 0. The summed E-state index contributed by atoms with van der Waals surface area (Å²) in [5.41, 5.74) is 8.68. The lowest BCUT2D eigenvalue weighted by atomic mass is 9.63. The molecule has 3 N–H and O–H groups in total. The maximum atomic E-state index is 10.5. The normalized spacial score (nSPS) is 20.6. The van der Waals surface area contributed by atoms with Gasteiger partial charge in [-0.25, -0.2) is 0 Å². The van der Waals surface area contributed by atoms with Gasteiger partial charge >= 0.3 is 0 Å². The summed E-state index contributed by atoms with van der Waals surface area (Å²) in [5, 5.41) is 14.9. The van der Waals surface area contributed by atoms with Crippen LogP contribution in [0.25, 0.3) is 0 Å². The zero-order valence-electron chi connectivity index (χ0n) is 10.3. The van der Waals surface area contributed by atoms with Crippen molar-refractivity contribution in [1.82, 2.24) is 9.78 Å². The molecule has 1 aromatic heterocycles. The van der Waals surface area contributed by atoms with Crippen molar-refractivity contribution in [2.24, 2.45) is 18.2 Å². The van der Waals surface area contributed by atoms with E-state index in [2.05, 4.69) is 5.10 Å². The molecule has 2 rings (SSSR count). The molecular formula is C12H21N3O. The molecule has 0 aliphatic heterocycles. The van der Waals surface area contributed by atoms with Crippen LogP contribution in [0.5, 0.6) is 0 Å². The molecule has 16 heavy (non-hydrogen) atoms. The van der Waals surface area contributed by atoms with E-state index in [1.807, 2.05) is 25.6 Å². The molecule has 1 saturated carbocycles. The van der Waals surface area contributed by atoms with Crippen LogP contribution in [0, 0.1) is 19.3 Å². The van der Waals surface area contributed by atoms with E-state index in [4.69, 9.17) is 5.73 Å². The van der Waals surface area contributed by atoms with Crippen LogP contribution in [0.2, 0.25) is 0 Å². The fraction of sp³-hybridized carbons (Fsp3) is 0.750. The van der Waals surface area contributed by atoms with Crippen molar-refractivity contribution in [2.45, 2.75) is 39.2 Å². The maximum Gasteiger partial charge on any atom is 0.0894 e. The summed E-state index contributed by atoms with van der Waals surface area (Å²) >= 11 is 0. The average molecular weight is 223 g/mol. The van der Waals surface area contributed by atoms with Crippen LogP contribution in [-0.2, 0) is 7.05 Å². The SMILES string of the molecule is Cc1nn(C)c(C)c1C(O)C1(CN)CCC1. The summed E-state index contributed by atoms with van der Waals surface area (Å²) in [6.07, 6.45) is 2.77. The number of aryl methyl sites for hydroxylation is 2. The molecule has 1 aliphatic carbocycles. The molecule has 4 nitrogen and oxygen atoms in total. The summed E-state index contributed by atoms with van der Waals surface area (Å²) < 4.78 is 1.83. The fourth-order valence-corrected chi connectivity index (χ4v) is 2.71. The molecule has 1 atom stereocenters. The predicted octanol–water partition coefficient (Wildman–Crippen LogP) is 1.20. The lowest BCUT2D eigenvalue weighted by Crippen LogP contribution is -2.42. The standard InChI is InChI=1S/C12H21N3O/c1-8-10(9(2)15(3)14-8)11(16)12(7-13)5-4-6-12/h11,16H,4-7,13H2,1-3H3. The lowest BCUT2D eigenvalue weighted by molar-refractivity contribution is -0.0304. The number of aliphatic hydroxyl groups excluding tert-OH is 1.